The number of hydrogen-bond donors (Lipinski definition) is 4. The normalized spacial score (nSPS) is 20.5. The van der Waals surface area contributed by atoms with Gasteiger partial charge >= 0.3 is 12.1 Å². The average Bonchev–Trinajstić information content (AvgIpc) is 3.61. The van der Waals surface area contributed by atoms with Crippen LogP contribution in [0.4, 0.5) is 10.5 Å². The molecule has 1 aliphatic heterocycles. The highest BCUT2D eigenvalue weighted by atomic mass is 16.6. The van der Waals surface area contributed by atoms with Crippen molar-refractivity contribution >= 4 is 40.5 Å². The standard InChI is InChI=1S/C36H44N4O6/c1-36(2,3)46-35(45)37-20-24-12-11-23(18-28(24)22-9-10-22)33(42)40-16-15-27(21-7-5-4-6-8-21)31(40)32(41)38-26-13-14-29-25(17-26)19-30(39-29)34(43)44/h11-14,17-19,21-22,27,31,39H,4-10,15-16,20H2,1-3H3,(H,37,45)(H,38,41)(H,43,44)/t27-,31-/m0/s1. The molecule has 244 valence electrons. The second-order valence-electron chi connectivity index (χ2n) is 14.1. The maximum Gasteiger partial charge on any atom is 0.407 e. The quantitative estimate of drug-likeness (QED) is 0.216. The van der Waals surface area contributed by atoms with Gasteiger partial charge in [-0.1, -0.05) is 38.2 Å². The molecule has 1 saturated heterocycles. The summed E-state index contributed by atoms with van der Waals surface area (Å²) in [6.45, 7) is 6.30. The van der Waals surface area contributed by atoms with E-state index < -0.39 is 23.7 Å². The number of aromatic amines is 1. The van der Waals surface area contributed by atoms with Gasteiger partial charge in [-0.25, -0.2) is 9.59 Å². The predicted molar refractivity (Wildman–Crippen MR) is 175 cm³/mol. The SMILES string of the molecule is CC(C)(C)OC(=O)NCc1ccc(C(=O)N2CC[C@@H](C3CCCCC3)[C@H]2C(=O)Nc2ccc3[nH]c(C(=O)O)cc3c2)cc1C1CC1. The van der Waals surface area contributed by atoms with Crippen LogP contribution < -0.4 is 10.6 Å². The minimum Gasteiger partial charge on any atom is -0.477 e. The second kappa shape index (κ2) is 12.8. The minimum atomic E-state index is -1.05. The van der Waals surface area contributed by atoms with Gasteiger partial charge in [0.25, 0.3) is 5.91 Å². The molecule has 4 N–H and O–H groups in total. The molecule has 0 spiro atoms. The first kappa shape index (κ1) is 31.6. The summed E-state index contributed by atoms with van der Waals surface area (Å²) >= 11 is 0. The summed E-state index contributed by atoms with van der Waals surface area (Å²) in [5.74, 6) is -0.611. The number of fused-ring (bicyclic) bond motifs is 1. The summed E-state index contributed by atoms with van der Waals surface area (Å²) in [6, 6.07) is 11.9. The molecule has 3 fully saturated rings. The number of nitrogens with one attached hydrogen (secondary N) is 3. The molecule has 0 radical (unpaired) electrons. The van der Waals surface area contributed by atoms with E-state index in [0.29, 0.717) is 47.1 Å². The zero-order chi connectivity index (χ0) is 32.6. The number of aromatic nitrogens is 1. The maximum absolute atomic E-state index is 14.2. The van der Waals surface area contributed by atoms with Crippen molar-refractivity contribution in [1.29, 1.82) is 0 Å². The second-order valence-corrected chi connectivity index (χ2v) is 14.1. The van der Waals surface area contributed by atoms with Gasteiger partial charge in [0, 0.05) is 35.2 Å². The number of amides is 3. The van der Waals surface area contributed by atoms with Gasteiger partial charge in [-0.3, -0.25) is 9.59 Å². The van der Waals surface area contributed by atoms with Crippen molar-refractivity contribution in [2.45, 2.75) is 96.2 Å². The number of alkyl carbamates (subject to hydrolysis) is 1. The number of anilines is 1. The molecular formula is C36H44N4O6. The van der Waals surface area contributed by atoms with Crippen LogP contribution in [0, 0.1) is 11.8 Å². The molecule has 0 unspecified atom stereocenters. The van der Waals surface area contributed by atoms with Gasteiger partial charge in [0.15, 0.2) is 0 Å². The fourth-order valence-corrected chi connectivity index (χ4v) is 7.29. The largest absolute Gasteiger partial charge is 0.477 e. The zero-order valence-corrected chi connectivity index (χ0v) is 26.9. The first-order chi connectivity index (χ1) is 22.0. The highest BCUT2D eigenvalue weighted by Crippen LogP contribution is 2.43. The van der Waals surface area contributed by atoms with Crippen molar-refractivity contribution < 1.29 is 29.0 Å². The Morgan fingerprint density at radius 2 is 1.72 bits per heavy atom. The average molecular weight is 629 g/mol. The Labute approximate surface area is 269 Å². The molecule has 2 aromatic carbocycles. The molecule has 10 nitrogen and oxygen atoms in total. The molecule has 10 heteroatoms. The van der Waals surface area contributed by atoms with Crippen LogP contribution >= 0.6 is 0 Å². The Morgan fingerprint density at radius 3 is 2.41 bits per heavy atom. The molecule has 1 aromatic heterocycles. The number of benzene rings is 2. The lowest BCUT2D eigenvalue weighted by Gasteiger charge is -2.33. The van der Waals surface area contributed by atoms with Crippen molar-refractivity contribution in [2.75, 3.05) is 11.9 Å². The van der Waals surface area contributed by atoms with Crippen LogP contribution in [0.25, 0.3) is 10.9 Å². The number of rotatable bonds is 8. The third-order valence-corrected chi connectivity index (χ3v) is 9.58. The number of nitrogens with zero attached hydrogens (tertiary/aromatic N) is 1. The van der Waals surface area contributed by atoms with Crippen molar-refractivity contribution in [2.24, 2.45) is 11.8 Å². The molecule has 2 saturated carbocycles. The molecule has 3 aliphatic rings. The fourth-order valence-electron chi connectivity index (χ4n) is 7.29. The number of likely N-dealkylation sites (tertiary alicyclic amines) is 1. The Kier molecular flexibility index (Phi) is 8.81. The molecule has 46 heavy (non-hydrogen) atoms. The fraction of sp³-hybridized carbons (Fsp3) is 0.500. The van der Waals surface area contributed by atoms with Gasteiger partial charge in [0.1, 0.15) is 17.3 Å². The molecule has 0 bridgehead atoms. The van der Waals surface area contributed by atoms with Gasteiger partial charge in [-0.15, -0.1) is 0 Å². The summed E-state index contributed by atoms with van der Waals surface area (Å²) in [4.78, 5) is 56.7. The molecule has 2 heterocycles. The number of H-pyrrole nitrogens is 1. The van der Waals surface area contributed by atoms with Crippen molar-refractivity contribution in [3.63, 3.8) is 0 Å². The lowest BCUT2D eigenvalue weighted by atomic mass is 9.76. The zero-order valence-electron chi connectivity index (χ0n) is 26.9. The van der Waals surface area contributed by atoms with Gasteiger partial charge in [-0.05, 0) is 105 Å². The summed E-state index contributed by atoms with van der Waals surface area (Å²) in [7, 11) is 0. The van der Waals surface area contributed by atoms with Gasteiger partial charge in [0.2, 0.25) is 5.91 Å². The van der Waals surface area contributed by atoms with Crippen LogP contribution in [0.5, 0.6) is 0 Å². The molecular weight excluding hydrogens is 584 g/mol. The van der Waals surface area contributed by atoms with E-state index in [0.717, 1.165) is 56.1 Å². The maximum atomic E-state index is 14.2. The molecule has 2 aliphatic carbocycles. The number of carboxylic acids is 1. The summed E-state index contributed by atoms with van der Waals surface area (Å²) in [6.07, 6.45) is 7.99. The van der Waals surface area contributed by atoms with Crippen molar-refractivity contribution in [3.8, 4) is 0 Å². The third kappa shape index (κ3) is 7.06. The Bertz CT molecular complexity index is 1650. The molecule has 3 aromatic rings. The van der Waals surface area contributed by atoms with E-state index in [2.05, 4.69) is 15.6 Å². The van der Waals surface area contributed by atoms with Gasteiger partial charge < -0.3 is 30.4 Å². The number of carboxylic acid groups (broad SMARTS) is 1. The summed E-state index contributed by atoms with van der Waals surface area (Å²) in [5, 5.41) is 16.0. The van der Waals surface area contributed by atoms with Gasteiger partial charge in [-0.2, -0.15) is 0 Å². The first-order valence-corrected chi connectivity index (χ1v) is 16.5. The van der Waals surface area contributed by atoms with E-state index in [4.69, 9.17) is 4.74 Å². The smallest absolute Gasteiger partial charge is 0.407 e. The minimum absolute atomic E-state index is 0.0686. The van der Waals surface area contributed by atoms with Crippen LogP contribution in [-0.2, 0) is 16.1 Å². The van der Waals surface area contributed by atoms with E-state index in [1.54, 1.807) is 29.2 Å². The van der Waals surface area contributed by atoms with Crippen LogP contribution in [0.15, 0.2) is 42.5 Å². The number of carbonyl (C=O) groups is 4. The molecule has 6 rings (SSSR count). The number of ether oxygens (including phenoxy) is 1. The molecule has 3 amide bonds. The summed E-state index contributed by atoms with van der Waals surface area (Å²) in [5.41, 5.74) is 3.31. The van der Waals surface area contributed by atoms with E-state index in [1.165, 1.54) is 6.42 Å². The Hall–Kier alpha value is -4.34. The molecule has 2 atom stereocenters. The topological polar surface area (TPSA) is 141 Å². The first-order valence-electron chi connectivity index (χ1n) is 16.5. The lowest BCUT2D eigenvalue weighted by molar-refractivity contribution is -0.121. The van der Waals surface area contributed by atoms with E-state index in [1.807, 2.05) is 39.0 Å². The van der Waals surface area contributed by atoms with Crippen molar-refractivity contribution in [1.82, 2.24) is 15.2 Å². The van der Waals surface area contributed by atoms with E-state index in [-0.39, 0.29) is 23.4 Å². The van der Waals surface area contributed by atoms with E-state index >= 15 is 0 Å². The monoisotopic (exact) mass is 628 g/mol. The highest BCUT2D eigenvalue weighted by Gasteiger charge is 2.45. The van der Waals surface area contributed by atoms with Crippen LogP contribution in [-0.4, -0.2) is 57.1 Å². The lowest BCUT2D eigenvalue weighted by Crippen LogP contribution is -2.47. The number of hydrogen-bond acceptors (Lipinski definition) is 5. The Balaban J connectivity index is 1.23. The van der Waals surface area contributed by atoms with Crippen LogP contribution in [0.1, 0.15) is 110 Å². The number of carbonyl (C=O) groups excluding carboxylic acids is 3. The summed E-state index contributed by atoms with van der Waals surface area (Å²) < 4.78 is 5.40. The van der Waals surface area contributed by atoms with Crippen molar-refractivity contribution in [3.05, 3.63) is 64.8 Å². The predicted octanol–water partition coefficient (Wildman–Crippen LogP) is 6.82. The van der Waals surface area contributed by atoms with Crippen LogP contribution in [0.3, 0.4) is 0 Å². The highest BCUT2D eigenvalue weighted by molar-refractivity contribution is 6.03. The van der Waals surface area contributed by atoms with Crippen LogP contribution in [0.2, 0.25) is 0 Å². The third-order valence-electron chi connectivity index (χ3n) is 9.58. The Morgan fingerprint density at radius 1 is 0.957 bits per heavy atom. The number of aromatic carboxylic acids is 1. The van der Waals surface area contributed by atoms with E-state index in [9.17, 15) is 24.3 Å². The van der Waals surface area contributed by atoms with Gasteiger partial charge in [0.05, 0.1) is 0 Å².